The van der Waals surface area contributed by atoms with Gasteiger partial charge < -0.3 is 19.7 Å². The largest absolute Gasteiger partial charge is 0.390 e. The summed E-state index contributed by atoms with van der Waals surface area (Å²) in [6, 6.07) is 3.67. The fourth-order valence-corrected chi connectivity index (χ4v) is 2.62. The number of hydrogen-bond donors (Lipinski definition) is 2. The number of anilines is 1. The maximum absolute atomic E-state index is 10.2. The molecule has 8 heteroatoms. The molecule has 2 N–H and O–H groups in total. The number of morpholine rings is 1. The van der Waals surface area contributed by atoms with Gasteiger partial charge in [-0.15, -0.1) is 0 Å². The standard InChI is InChI=1S/C17H25N5O3/c1-12(2)16-20-17(25-21-16)13-3-4-18-15(9-13)19-10-14(23)11-22-5-7-24-8-6-22/h3-4,9,12,14,23H,5-8,10-11H2,1-2H3,(H,18,19). The summed E-state index contributed by atoms with van der Waals surface area (Å²) in [7, 11) is 0. The molecule has 2 aromatic heterocycles. The van der Waals surface area contributed by atoms with E-state index in [4.69, 9.17) is 9.26 Å². The van der Waals surface area contributed by atoms with Crippen LogP contribution in [-0.4, -0.2) is 70.6 Å². The molecule has 1 aliphatic rings. The highest BCUT2D eigenvalue weighted by atomic mass is 16.5. The van der Waals surface area contributed by atoms with Gasteiger partial charge in [-0.25, -0.2) is 4.98 Å². The number of aliphatic hydroxyl groups excluding tert-OH is 1. The highest BCUT2D eigenvalue weighted by molar-refractivity contribution is 5.57. The summed E-state index contributed by atoms with van der Waals surface area (Å²) in [5.74, 6) is 2.04. The van der Waals surface area contributed by atoms with Gasteiger partial charge in [0.25, 0.3) is 5.89 Å². The molecule has 2 aromatic rings. The van der Waals surface area contributed by atoms with Crippen molar-refractivity contribution in [2.24, 2.45) is 0 Å². The lowest BCUT2D eigenvalue weighted by molar-refractivity contribution is 0.0171. The quantitative estimate of drug-likeness (QED) is 0.775. The van der Waals surface area contributed by atoms with Crippen LogP contribution in [-0.2, 0) is 4.74 Å². The van der Waals surface area contributed by atoms with Crippen LogP contribution in [0, 0.1) is 0 Å². The molecule has 0 aliphatic carbocycles. The number of nitrogens with zero attached hydrogens (tertiary/aromatic N) is 4. The average molecular weight is 347 g/mol. The van der Waals surface area contributed by atoms with Crippen molar-refractivity contribution in [2.45, 2.75) is 25.9 Å². The summed E-state index contributed by atoms with van der Waals surface area (Å²) < 4.78 is 10.6. The highest BCUT2D eigenvalue weighted by Gasteiger charge is 2.15. The Morgan fingerprint density at radius 3 is 2.84 bits per heavy atom. The monoisotopic (exact) mass is 347 g/mol. The first-order chi connectivity index (χ1) is 12.1. The van der Waals surface area contributed by atoms with E-state index < -0.39 is 6.10 Å². The molecule has 1 saturated heterocycles. The molecule has 136 valence electrons. The smallest absolute Gasteiger partial charge is 0.258 e. The van der Waals surface area contributed by atoms with Crippen molar-refractivity contribution in [1.82, 2.24) is 20.0 Å². The molecular formula is C17H25N5O3. The van der Waals surface area contributed by atoms with Crippen LogP contribution in [0.15, 0.2) is 22.9 Å². The molecular weight excluding hydrogens is 322 g/mol. The maximum atomic E-state index is 10.2. The minimum atomic E-state index is -0.473. The number of pyridine rings is 1. The number of nitrogens with one attached hydrogen (secondary N) is 1. The first-order valence-electron chi connectivity index (χ1n) is 8.64. The Morgan fingerprint density at radius 2 is 2.12 bits per heavy atom. The summed E-state index contributed by atoms with van der Waals surface area (Å²) in [5.41, 5.74) is 0.805. The van der Waals surface area contributed by atoms with Gasteiger partial charge in [0.2, 0.25) is 0 Å². The molecule has 1 unspecified atom stereocenters. The molecule has 3 rings (SSSR count). The molecule has 1 aliphatic heterocycles. The number of aliphatic hydroxyl groups is 1. The summed E-state index contributed by atoms with van der Waals surface area (Å²) >= 11 is 0. The van der Waals surface area contributed by atoms with Gasteiger partial charge in [-0.1, -0.05) is 19.0 Å². The van der Waals surface area contributed by atoms with Gasteiger partial charge in [0, 0.05) is 43.9 Å². The summed E-state index contributed by atoms with van der Waals surface area (Å²) in [6.07, 6.45) is 1.21. The van der Waals surface area contributed by atoms with Gasteiger partial charge in [-0.3, -0.25) is 4.90 Å². The molecule has 0 bridgehead atoms. The Hall–Kier alpha value is -2.03. The van der Waals surface area contributed by atoms with Gasteiger partial charge in [0.1, 0.15) is 5.82 Å². The van der Waals surface area contributed by atoms with Gasteiger partial charge in [0.15, 0.2) is 5.82 Å². The number of hydrogen-bond acceptors (Lipinski definition) is 8. The number of ether oxygens (including phenoxy) is 1. The van der Waals surface area contributed by atoms with Crippen LogP contribution in [0.2, 0.25) is 0 Å². The Morgan fingerprint density at radius 1 is 1.32 bits per heavy atom. The van der Waals surface area contributed by atoms with E-state index in [1.165, 1.54) is 0 Å². The van der Waals surface area contributed by atoms with Crippen LogP contribution in [0.3, 0.4) is 0 Å². The predicted octanol–water partition coefficient (Wildman–Crippen LogP) is 1.36. The van der Waals surface area contributed by atoms with E-state index in [1.807, 2.05) is 26.0 Å². The van der Waals surface area contributed by atoms with Crippen LogP contribution in [0.1, 0.15) is 25.6 Å². The van der Waals surface area contributed by atoms with Crippen molar-refractivity contribution in [2.75, 3.05) is 44.7 Å². The highest BCUT2D eigenvalue weighted by Crippen LogP contribution is 2.21. The topological polar surface area (TPSA) is 96.5 Å². The van der Waals surface area contributed by atoms with Gasteiger partial charge >= 0.3 is 0 Å². The summed E-state index contributed by atoms with van der Waals surface area (Å²) in [6.45, 7) is 8.26. The van der Waals surface area contributed by atoms with Crippen molar-refractivity contribution >= 4 is 5.82 Å². The molecule has 0 amide bonds. The van der Waals surface area contributed by atoms with Gasteiger partial charge in [-0.05, 0) is 12.1 Å². The third kappa shape index (κ3) is 4.97. The van der Waals surface area contributed by atoms with E-state index >= 15 is 0 Å². The van der Waals surface area contributed by atoms with E-state index in [9.17, 15) is 5.11 Å². The number of β-amino-alcohol motifs (C(OH)–C–C–N with tert-alkyl or cyclic N) is 1. The SMILES string of the molecule is CC(C)c1noc(-c2ccnc(NCC(O)CN3CCOCC3)c2)n1. The second kappa shape index (κ2) is 8.37. The Kier molecular flexibility index (Phi) is 5.95. The van der Waals surface area contributed by atoms with E-state index in [2.05, 4.69) is 25.3 Å². The van der Waals surface area contributed by atoms with Gasteiger partial charge in [0.05, 0.1) is 19.3 Å². The summed E-state index contributed by atoms with van der Waals surface area (Å²) in [5, 5.41) is 17.3. The van der Waals surface area contributed by atoms with Crippen LogP contribution in [0.4, 0.5) is 5.82 Å². The van der Waals surface area contributed by atoms with Crippen LogP contribution < -0.4 is 5.32 Å². The van der Waals surface area contributed by atoms with Crippen molar-refractivity contribution in [3.63, 3.8) is 0 Å². The summed E-state index contributed by atoms with van der Waals surface area (Å²) in [4.78, 5) is 10.9. The lowest BCUT2D eigenvalue weighted by Crippen LogP contribution is -2.42. The third-order valence-electron chi connectivity index (χ3n) is 4.06. The lowest BCUT2D eigenvalue weighted by atomic mass is 10.2. The number of aromatic nitrogens is 3. The molecule has 0 aromatic carbocycles. The first kappa shape index (κ1) is 17.8. The zero-order valence-electron chi connectivity index (χ0n) is 14.7. The minimum absolute atomic E-state index is 0.215. The molecule has 25 heavy (non-hydrogen) atoms. The third-order valence-corrected chi connectivity index (χ3v) is 4.06. The second-order valence-corrected chi connectivity index (χ2v) is 6.49. The van der Waals surface area contributed by atoms with Crippen LogP contribution in [0.25, 0.3) is 11.5 Å². The number of rotatable bonds is 7. The zero-order chi connectivity index (χ0) is 17.6. The normalized spacial score (nSPS) is 17.0. The Bertz CT molecular complexity index is 670. The zero-order valence-corrected chi connectivity index (χ0v) is 14.7. The molecule has 0 spiro atoms. The van der Waals surface area contributed by atoms with Crippen LogP contribution >= 0.6 is 0 Å². The lowest BCUT2D eigenvalue weighted by Gasteiger charge is -2.28. The molecule has 3 heterocycles. The molecule has 8 nitrogen and oxygen atoms in total. The molecule has 1 fully saturated rings. The Balaban J connectivity index is 1.55. The molecule has 0 saturated carbocycles. The van der Waals surface area contributed by atoms with Crippen molar-refractivity contribution in [1.29, 1.82) is 0 Å². The fraction of sp³-hybridized carbons (Fsp3) is 0.588. The van der Waals surface area contributed by atoms with E-state index in [-0.39, 0.29) is 5.92 Å². The molecule has 1 atom stereocenters. The Labute approximate surface area is 147 Å². The van der Waals surface area contributed by atoms with E-state index in [0.717, 1.165) is 31.9 Å². The average Bonchev–Trinajstić information content (AvgIpc) is 3.12. The first-order valence-corrected chi connectivity index (χ1v) is 8.64. The maximum Gasteiger partial charge on any atom is 0.258 e. The fourth-order valence-electron chi connectivity index (χ4n) is 2.62. The van der Waals surface area contributed by atoms with E-state index in [1.54, 1.807) is 6.20 Å². The van der Waals surface area contributed by atoms with Gasteiger partial charge in [-0.2, -0.15) is 4.98 Å². The molecule has 0 radical (unpaired) electrons. The van der Waals surface area contributed by atoms with Crippen molar-refractivity contribution in [3.05, 3.63) is 24.2 Å². The van der Waals surface area contributed by atoms with E-state index in [0.29, 0.717) is 30.6 Å². The van der Waals surface area contributed by atoms with Crippen molar-refractivity contribution < 1.29 is 14.4 Å². The van der Waals surface area contributed by atoms with Crippen molar-refractivity contribution in [3.8, 4) is 11.5 Å². The predicted molar refractivity (Wildman–Crippen MR) is 93.4 cm³/mol. The van der Waals surface area contributed by atoms with Crippen LogP contribution in [0.5, 0.6) is 0 Å². The minimum Gasteiger partial charge on any atom is -0.390 e. The second-order valence-electron chi connectivity index (χ2n) is 6.49.